The van der Waals surface area contributed by atoms with E-state index in [1.165, 1.54) is 16.7 Å². The summed E-state index contributed by atoms with van der Waals surface area (Å²) in [6.07, 6.45) is 0.903. The standard InChI is InChI=1S/C13H18N2O/c1-9-3-4-11(5-10(9)2)6-12-7-14-8-13(16)15-12/h3-5,12,14H,6-8H2,1-2H3,(H,15,16). The van der Waals surface area contributed by atoms with Crippen LogP contribution in [0.1, 0.15) is 16.7 Å². The first-order chi connectivity index (χ1) is 7.65. The van der Waals surface area contributed by atoms with Crippen LogP contribution in [0.5, 0.6) is 0 Å². The van der Waals surface area contributed by atoms with Crippen molar-refractivity contribution in [1.29, 1.82) is 0 Å². The van der Waals surface area contributed by atoms with Crippen LogP contribution >= 0.6 is 0 Å². The summed E-state index contributed by atoms with van der Waals surface area (Å²) in [4.78, 5) is 11.2. The molecule has 1 aliphatic heterocycles. The zero-order valence-electron chi connectivity index (χ0n) is 9.84. The van der Waals surface area contributed by atoms with Crippen LogP contribution in [0.2, 0.25) is 0 Å². The molecule has 1 heterocycles. The molecule has 0 aliphatic carbocycles. The lowest BCUT2D eigenvalue weighted by molar-refractivity contribution is -0.122. The Labute approximate surface area is 96.2 Å². The zero-order chi connectivity index (χ0) is 11.5. The van der Waals surface area contributed by atoms with Gasteiger partial charge in [-0.1, -0.05) is 18.2 Å². The van der Waals surface area contributed by atoms with Crippen molar-refractivity contribution in [2.24, 2.45) is 0 Å². The lowest BCUT2D eigenvalue weighted by Gasteiger charge is -2.24. The minimum absolute atomic E-state index is 0.0973. The van der Waals surface area contributed by atoms with Crippen molar-refractivity contribution in [3.05, 3.63) is 34.9 Å². The molecule has 1 aliphatic rings. The van der Waals surface area contributed by atoms with Gasteiger partial charge in [0.05, 0.1) is 6.54 Å². The summed E-state index contributed by atoms with van der Waals surface area (Å²) in [6.45, 7) is 5.54. The average Bonchev–Trinajstić information content (AvgIpc) is 2.24. The van der Waals surface area contributed by atoms with Crippen molar-refractivity contribution in [3.8, 4) is 0 Å². The Kier molecular flexibility index (Phi) is 3.25. The Morgan fingerprint density at radius 3 is 2.81 bits per heavy atom. The molecule has 0 spiro atoms. The first-order valence-corrected chi connectivity index (χ1v) is 5.71. The highest BCUT2D eigenvalue weighted by Gasteiger charge is 2.17. The smallest absolute Gasteiger partial charge is 0.234 e. The quantitative estimate of drug-likeness (QED) is 0.775. The molecule has 16 heavy (non-hydrogen) atoms. The van der Waals surface area contributed by atoms with Gasteiger partial charge in [-0.05, 0) is 37.0 Å². The van der Waals surface area contributed by atoms with Gasteiger partial charge in [0.15, 0.2) is 0 Å². The molecule has 1 fully saturated rings. The molecule has 0 bridgehead atoms. The lowest BCUT2D eigenvalue weighted by Crippen LogP contribution is -2.52. The minimum atomic E-state index is 0.0973. The van der Waals surface area contributed by atoms with Crippen molar-refractivity contribution in [2.75, 3.05) is 13.1 Å². The number of carbonyl (C=O) groups excluding carboxylic acids is 1. The number of rotatable bonds is 2. The predicted octanol–water partition coefficient (Wildman–Crippen LogP) is 0.934. The van der Waals surface area contributed by atoms with E-state index in [0.29, 0.717) is 6.54 Å². The summed E-state index contributed by atoms with van der Waals surface area (Å²) in [7, 11) is 0. The third-order valence-corrected chi connectivity index (χ3v) is 3.09. The van der Waals surface area contributed by atoms with Gasteiger partial charge in [0.25, 0.3) is 0 Å². The predicted molar refractivity (Wildman–Crippen MR) is 64.4 cm³/mol. The van der Waals surface area contributed by atoms with E-state index in [0.717, 1.165) is 13.0 Å². The van der Waals surface area contributed by atoms with Gasteiger partial charge in [-0.2, -0.15) is 0 Å². The molecule has 1 aromatic rings. The monoisotopic (exact) mass is 218 g/mol. The SMILES string of the molecule is Cc1ccc(CC2CNCC(=O)N2)cc1C. The number of amides is 1. The normalized spacial score (nSPS) is 20.6. The van der Waals surface area contributed by atoms with Crippen LogP contribution in [0.25, 0.3) is 0 Å². The van der Waals surface area contributed by atoms with Gasteiger partial charge in [-0.15, -0.1) is 0 Å². The van der Waals surface area contributed by atoms with Crippen LogP contribution in [0.4, 0.5) is 0 Å². The number of hydrogen-bond acceptors (Lipinski definition) is 2. The average molecular weight is 218 g/mol. The van der Waals surface area contributed by atoms with E-state index in [-0.39, 0.29) is 11.9 Å². The van der Waals surface area contributed by atoms with Gasteiger partial charge in [-0.25, -0.2) is 0 Å². The molecule has 0 radical (unpaired) electrons. The van der Waals surface area contributed by atoms with E-state index in [1.54, 1.807) is 0 Å². The third-order valence-electron chi connectivity index (χ3n) is 3.09. The molecular formula is C13H18N2O. The first kappa shape index (κ1) is 11.1. The van der Waals surface area contributed by atoms with Gasteiger partial charge in [-0.3, -0.25) is 4.79 Å². The van der Waals surface area contributed by atoms with Crippen LogP contribution in [-0.4, -0.2) is 25.0 Å². The van der Waals surface area contributed by atoms with E-state index in [2.05, 4.69) is 42.7 Å². The van der Waals surface area contributed by atoms with Gasteiger partial charge >= 0.3 is 0 Å². The molecule has 1 amide bonds. The van der Waals surface area contributed by atoms with Crippen molar-refractivity contribution >= 4 is 5.91 Å². The van der Waals surface area contributed by atoms with E-state index >= 15 is 0 Å². The Morgan fingerprint density at radius 2 is 2.12 bits per heavy atom. The molecule has 3 heteroatoms. The molecule has 1 saturated heterocycles. The fourth-order valence-electron chi connectivity index (χ4n) is 2.03. The van der Waals surface area contributed by atoms with Crippen molar-refractivity contribution in [2.45, 2.75) is 26.3 Å². The van der Waals surface area contributed by atoms with E-state index < -0.39 is 0 Å². The summed E-state index contributed by atoms with van der Waals surface area (Å²) < 4.78 is 0. The van der Waals surface area contributed by atoms with Gasteiger partial charge in [0, 0.05) is 12.6 Å². The van der Waals surface area contributed by atoms with Crippen LogP contribution in [0.15, 0.2) is 18.2 Å². The fourth-order valence-corrected chi connectivity index (χ4v) is 2.03. The Balaban J connectivity index is 2.03. The van der Waals surface area contributed by atoms with Crippen LogP contribution in [-0.2, 0) is 11.2 Å². The molecule has 0 saturated carbocycles. The maximum Gasteiger partial charge on any atom is 0.234 e. The highest BCUT2D eigenvalue weighted by Crippen LogP contribution is 2.11. The molecule has 0 aromatic heterocycles. The molecule has 86 valence electrons. The minimum Gasteiger partial charge on any atom is -0.351 e. The number of nitrogens with one attached hydrogen (secondary N) is 2. The molecule has 1 unspecified atom stereocenters. The van der Waals surface area contributed by atoms with Crippen molar-refractivity contribution in [1.82, 2.24) is 10.6 Å². The molecular weight excluding hydrogens is 200 g/mol. The first-order valence-electron chi connectivity index (χ1n) is 5.71. The number of aryl methyl sites for hydroxylation is 2. The number of carbonyl (C=O) groups is 1. The molecule has 2 N–H and O–H groups in total. The summed E-state index contributed by atoms with van der Waals surface area (Å²) >= 11 is 0. The summed E-state index contributed by atoms with van der Waals surface area (Å²) in [5, 5.41) is 6.12. The second-order valence-corrected chi connectivity index (χ2v) is 4.52. The number of hydrogen-bond donors (Lipinski definition) is 2. The van der Waals surface area contributed by atoms with Crippen molar-refractivity contribution in [3.63, 3.8) is 0 Å². The largest absolute Gasteiger partial charge is 0.351 e. The van der Waals surface area contributed by atoms with Crippen LogP contribution < -0.4 is 10.6 Å². The summed E-state index contributed by atoms with van der Waals surface area (Å²) in [6, 6.07) is 6.71. The van der Waals surface area contributed by atoms with E-state index in [9.17, 15) is 4.79 Å². The van der Waals surface area contributed by atoms with Gasteiger partial charge < -0.3 is 10.6 Å². The Morgan fingerprint density at radius 1 is 1.31 bits per heavy atom. The topological polar surface area (TPSA) is 41.1 Å². The van der Waals surface area contributed by atoms with E-state index in [1.807, 2.05) is 0 Å². The maximum atomic E-state index is 11.2. The third kappa shape index (κ3) is 2.61. The van der Waals surface area contributed by atoms with Crippen LogP contribution in [0.3, 0.4) is 0 Å². The molecule has 2 rings (SSSR count). The van der Waals surface area contributed by atoms with Crippen molar-refractivity contribution < 1.29 is 4.79 Å². The van der Waals surface area contributed by atoms with E-state index in [4.69, 9.17) is 0 Å². The number of benzene rings is 1. The second kappa shape index (κ2) is 4.66. The highest BCUT2D eigenvalue weighted by molar-refractivity contribution is 5.79. The molecule has 1 aromatic carbocycles. The fraction of sp³-hybridized carbons (Fsp3) is 0.462. The summed E-state index contributed by atoms with van der Waals surface area (Å²) in [5.74, 6) is 0.0973. The lowest BCUT2D eigenvalue weighted by atomic mass is 10.0. The zero-order valence-corrected chi connectivity index (χ0v) is 9.84. The molecule has 3 nitrogen and oxygen atoms in total. The maximum absolute atomic E-state index is 11.2. The Hall–Kier alpha value is -1.35. The van der Waals surface area contributed by atoms with Crippen LogP contribution in [0, 0.1) is 13.8 Å². The van der Waals surface area contributed by atoms with Gasteiger partial charge in [0.2, 0.25) is 5.91 Å². The second-order valence-electron chi connectivity index (χ2n) is 4.52. The number of piperazine rings is 1. The Bertz CT molecular complexity index is 401. The van der Waals surface area contributed by atoms with Gasteiger partial charge in [0.1, 0.15) is 0 Å². The highest BCUT2D eigenvalue weighted by atomic mass is 16.2. The summed E-state index contributed by atoms with van der Waals surface area (Å²) in [5.41, 5.74) is 3.92. The molecule has 1 atom stereocenters.